The van der Waals surface area contributed by atoms with Crippen LogP contribution in [0.5, 0.6) is 0 Å². The van der Waals surface area contributed by atoms with Gasteiger partial charge >= 0.3 is 0 Å². The van der Waals surface area contributed by atoms with Crippen molar-refractivity contribution in [2.75, 3.05) is 43.7 Å². The molecule has 8 nitrogen and oxygen atoms in total. The number of morpholine rings is 1. The Kier molecular flexibility index (Phi) is 5.68. The summed E-state index contributed by atoms with van der Waals surface area (Å²) < 4.78 is 5.46. The van der Waals surface area contributed by atoms with Gasteiger partial charge < -0.3 is 15.0 Å². The van der Waals surface area contributed by atoms with Gasteiger partial charge in [-0.2, -0.15) is 10.1 Å². The van der Waals surface area contributed by atoms with Crippen molar-refractivity contribution >= 4 is 45.4 Å². The van der Waals surface area contributed by atoms with E-state index in [-0.39, 0.29) is 5.91 Å². The lowest BCUT2D eigenvalue weighted by atomic mass is 10.2. The fourth-order valence-corrected chi connectivity index (χ4v) is 4.09. The van der Waals surface area contributed by atoms with Crippen LogP contribution in [-0.4, -0.2) is 55.4 Å². The Bertz CT molecular complexity index is 1060. The summed E-state index contributed by atoms with van der Waals surface area (Å²) in [4.78, 5) is 24.8. The van der Waals surface area contributed by atoms with E-state index in [9.17, 15) is 4.79 Å². The number of ether oxygens (including phenoxy) is 1. The number of rotatable bonds is 5. The monoisotopic (exact) mass is 410 g/mol. The van der Waals surface area contributed by atoms with E-state index in [0.29, 0.717) is 24.0 Å². The van der Waals surface area contributed by atoms with Gasteiger partial charge in [-0.05, 0) is 18.6 Å². The van der Waals surface area contributed by atoms with Crippen LogP contribution in [0.2, 0.25) is 0 Å². The molecule has 0 spiro atoms. The third kappa shape index (κ3) is 4.36. The van der Waals surface area contributed by atoms with Crippen LogP contribution < -0.4 is 15.6 Å². The number of amides is 1. The quantitative estimate of drug-likeness (QED) is 0.496. The van der Waals surface area contributed by atoms with Crippen molar-refractivity contribution in [2.24, 2.45) is 5.10 Å². The van der Waals surface area contributed by atoms with Gasteiger partial charge in [0.1, 0.15) is 10.6 Å². The third-order valence-corrected chi connectivity index (χ3v) is 5.58. The van der Waals surface area contributed by atoms with Gasteiger partial charge in [0.2, 0.25) is 5.95 Å². The molecule has 150 valence electrons. The molecule has 0 atom stereocenters. The predicted molar refractivity (Wildman–Crippen MR) is 116 cm³/mol. The van der Waals surface area contributed by atoms with Gasteiger partial charge in [0, 0.05) is 20.1 Å². The lowest BCUT2D eigenvalue weighted by molar-refractivity contribution is 0.0967. The first-order valence-electron chi connectivity index (χ1n) is 9.36. The van der Waals surface area contributed by atoms with E-state index < -0.39 is 0 Å². The number of nitrogens with zero attached hydrogens (tertiary/aromatic N) is 4. The summed E-state index contributed by atoms with van der Waals surface area (Å²) in [6.07, 6.45) is 1.74. The van der Waals surface area contributed by atoms with Crippen LogP contribution in [0.4, 0.5) is 11.8 Å². The molecule has 29 heavy (non-hydrogen) atoms. The summed E-state index contributed by atoms with van der Waals surface area (Å²) >= 11 is 1.34. The highest BCUT2D eigenvalue weighted by atomic mass is 32.1. The van der Waals surface area contributed by atoms with Crippen LogP contribution in [-0.2, 0) is 4.74 Å². The number of carbonyl (C=O) groups is 1. The van der Waals surface area contributed by atoms with E-state index >= 15 is 0 Å². The molecule has 3 heterocycles. The molecule has 0 saturated carbocycles. The molecule has 0 aliphatic carbocycles. The second kappa shape index (κ2) is 8.54. The lowest BCUT2D eigenvalue weighted by Crippen LogP contribution is -2.37. The number of aryl methyl sites for hydroxylation is 1. The molecule has 3 aromatic rings. The average Bonchev–Trinajstić information content (AvgIpc) is 3.17. The molecule has 1 amide bonds. The van der Waals surface area contributed by atoms with Gasteiger partial charge in [-0.1, -0.05) is 29.8 Å². The second-order valence-corrected chi connectivity index (χ2v) is 7.69. The molecule has 0 bridgehead atoms. The molecule has 1 saturated heterocycles. The minimum absolute atomic E-state index is 0.132. The molecule has 2 aromatic heterocycles. The number of hydrazone groups is 1. The molecular formula is C20H22N6O2S. The average molecular weight is 411 g/mol. The summed E-state index contributed by atoms with van der Waals surface area (Å²) in [5.74, 6) is 1.05. The fourth-order valence-electron chi connectivity index (χ4n) is 3.12. The van der Waals surface area contributed by atoms with Gasteiger partial charge in [0.05, 0.1) is 29.7 Å². The number of fused-ring (bicyclic) bond motifs is 1. The highest BCUT2D eigenvalue weighted by Gasteiger charge is 2.20. The second-order valence-electron chi connectivity index (χ2n) is 6.66. The van der Waals surface area contributed by atoms with E-state index in [4.69, 9.17) is 4.74 Å². The molecule has 0 radical (unpaired) electrons. The number of hydrogen-bond donors (Lipinski definition) is 2. The third-order valence-electron chi connectivity index (χ3n) is 4.55. The van der Waals surface area contributed by atoms with Crippen LogP contribution in [0.25, 0.3) is 10.2 Å². The largest absolute Gasteiger partial charge is 0.378 e. The maximum atomic E-state index is 12.1. The van der Waals surface area contributed by atoms with Crippen molar-refractivity contribution in [3.8, 4) is 0 Å². The number of thiophene rings is 1. The Morgan fingerprint density at radius 2 is 2.10 bits per heavy atom. The van der Waals surface area contributed by atoms with Crippen LogP contribution in [0.3, 0.4) is 0 Å². The van der Waals surface area contributed by atoms with Crippen molar-refractivity contribution < 1.29 is 9.53 Å². The summed E-state index contributed by atoms with van der Waals surface area (Å²) in [6, 6.07) is 9.90. The van der Waals surface area contributed by atoms with Gasteiger partial charge in [-0.15, -0.1) is 11.3 Å². The predicted octanol–water partition coefficient (Wildman–Crippen LogP) is 2.64. The van der Waals surface area contributed by atoms with Crippen LogP contribution in [0, 0.1) is 6.92 Å². The summed E-state index contributed by atoms with van der Waals surface area (Å²) in [6.45, 7) is 4.81. The van der Waals surface area contributed by atoms with Gasteiger partial charge in [-0.25, -0.2) is 10.4 Å². The van der Waals surface area contributed by atoms with Crippen LogP contribution >= 0.6 is 11.3 Å². The highest BCUT2D eigenvalue weighted by Crippen LogP contribution is 2.32. The Hall–Kier alpha value is -3.04. The molecule has 1 aliphatic heterocycles. The van der Waals surface area contributed by atoms with Crippen molar-refractivity contribution in [1.82, 2.24) is 15.3 Å². The van der Waals surface area contributed by atoms with Crippen LogP contribution in [0.15, 0.2) is 35.4 Å². The summed E-state index contributed by atoms with van der Waals surface area (Å²) in [7, 11) is 1.62. The van der Waals surface area contributed by atoms with E-state index in [0.717, 1.165) is 34.7 Å². The normalized spacial score (nSPS) is 14.5. The van der Waals surface area contributed by atoms with Gasteiger partial charge in [0.15, 0.2) is 0 Å². The maximum absolute atomic E-state index is 12.1. The number of hydrogen-bond acceptors (Lipinski definition) is 8. The lowest BCUT2D eigenvalue weighted by Gasteiger charge is -2.28. The molecule has 2 N–H and O–H groups in total. The first-order chi connectivity index (χ1) is 14.1. The first-order valence-corrected chi connectivity index (χ1v) is 10.2. The van der Waals surface area contributed by atoms with E-state index in [1.54, 1.807) is 13.3 Å². The van der Waals surface area contributed by atoms with Gasteiger partial charge in [-0.3, -0.25) is 4.79 Å². The molecule has 9 heteroatoms. The zero-order chi connectivity index (χ0) is 20.2. The molecule has 0 unspecified atom stereocenters. The smallest absolute Gasteiger partial charge is 0.261 e. The summed E-state index contributed by atoms with van der Waals surface area (Å²) in [5, 5.41) is 7.81. The van der Waals surface area contributed by atoms with E-state index in [1.165, 1.54) is 16.9 Å². The minimum Gasteiger partial charge on any atom is -0.378 e. The molecule has 4 rings (SSSR count). The molecule has 1 fully saturated rings. The molecular weight excluding hydrogens is 388 g/mol. The number of nitrogens with one attached hydrogen (secondary N) is 2. The van der Waals surface area contributed by atoms with Gasteiger partial charge in [0.25, 0.3) is 5.91 Å². The zero-order valence-electron chi connectivity index (χ0n) is 16.3. The number of benzene rings is 1. The molecule has 1 aliphatic rings. The van der Waals surface area contributed by atoms with Crippen LogP contribution in [0.1, 0.15) is 20.8 Å². The number of carbonyl (C=O) groups excluding carboxylic acids is 1. The minimum atomic E-state index is -0.132. The molecule has 1 aromatic carbocycles. The SMILES string of the molecule is CNC(=O)c1cc2c(N3CCOCC3)nc(N/N=C/c3cccc(C)c3)nc2s1. The standard InChI is InChI=1S/C20H22N6O2S/c1-13-4-3-5-14(10-13)12-22-25-20-23-17(26-6-8-28-9-7-26)15-11-16(18(27)21-2)29-19(15)24-20/h3-5,10-12H,6-9H2,1-2H3,(H,21,27)(H,23,24,25)/b22-12+. The van der Waals surface area contributed by atoms with Crippen molar-refractivity contribution in [3.05, 3.63) is 46.3 Å². The van der Waals surface area contributed by atoms with Crippen molar-refractivity contribution in [1.29, 1.82) is 0 Å². The number of anilines is 2. The van der Waals surface area contributed by atoms with Crippen molar-refractivity contribution in [3.63, 3.8) is 0 Å². The summed E-state index contributed by atoms with van der Waals surface area (Å²) in [5.41, 5.74) is 5.09. The Morgan fingerprint density at radius 3 is 2.86 bits per heavy atom. The topological polar surface area (TPSA) is 91.7 Å². The van der Waals surface area contributed by atoms with E-state index in [2.05, 4.69) is 30.7 Å². The van der Waals surface area contributed by atoms with E-state index in [1.807, 2.05) is 37.3 Å². The number of aromatic nitrogens is 2. The maximum Gasteiger partial charge on any atom is 0.261 e. The zero-order valence-corrected chi connectivity index (χ0v) is 17.1. The Labute approximate surface area is 172 Å². The Morgan fingerprint density at radius 1 is 1.28 bits per heavy atom. The Balaban J connectivity index is 1.67. The first kappa shape index (κ1) is 19.3. The fraction of sp³-hybridized carbons (Fsp3) is 0.300. The van der Waals surface area contributed by atoms with Crippen molar-refractivity contribution in [2.45, 2.75) is 6.92 Å². The highest BCUT2D eigenvalue weighted by molar-refractivity contribution is 7.20.